The first kappa shape index (κ1) is 25.7. The highest BCUT2D eigenvalue weighted by molar-refractivity contribution is 5.72. The van der Waals surface area contributed by atoms with Crippen LogP contribution in [-0.2, 0) is 4.79 Å². The summed E-state index contributed by atoms with van der Waals surface area (Å²) in [5.74, 6) is 0.0435. The predicted octanol–water partition coefficient (Wildman–Crippen LogP) is 6.35. The summed E-state index contributed by atoms with van der Waals surface area (Å²) >= 11 is 0. The summed E-state index contributed by atoms with van der Waals surface area (Å²) < 4.78 is 0.793. The molecule has 29 heavy (non-hydrogen) atoms. The molecule has 0 saturated heterocycles. The fourth-order valence-electron chi connectivity index (χ4n) is 4.51. The van der Waals surface area contributed by atoms with Crippen molar-refractivity contribution in [3.63, 3.8) is 0 Å². The van der Waals surface area contributed by atoms with Gasteiger partial charge in [0.1, 0.15) is 6.20 Å². The second-order valence-corrected chi connectivity index (χ2v) is 8.71. The quantitative estimate of drug-likeness (QED) is 0.168. The van der Waals surface area contributed by atoms with Crippen LogP contribution in [0.4, 0.5) is 0 Å². The van der Waals surface area contributed by atoms with Crippen LogP contribution in [0.15, 0.2) is 24.6 Å². The first-order valence-corrected chi connectivity index (χ1v) is 12.3. The van der Waals surface area contributed by atoms with Gasteiger partial charge in [0.05, 0.1) is 12.7 Å². The van der Waals surface area contributed by atoms with E-state index in [0.717, 1.165) is 23.9 Å². The SMILES string of the molecule is CCCCCCCCCCC/C=C/CCCC1NC=C[N+]1(CC)C(C)NC(C)=O. The zero-order valence-corrected chi connectivity index (χ0v) is 19.7. The third-order valence-corrected chi connectivity index (χ3v) is 6.39. The largest absolute Gasteiger partial charge is 0.338 e. The smallest absolute Gasteiger partial charge is 0.221 e. The Balaban J connectivity index is 2.12. The van der Waals surface area contributed by atoms with Gasteiger partial charge in [0.15, 0.2) is 12.3 Å². The van der Waals surface area contributed by atoms with Crippen LogP contribution in [0.2, 0.25) is 0 Å². The number of amides is 1. The van der Waals surface area contributed by atoms with Crippen molar-refractivity contribution in [3.8, 4) is 0 Å². The Kier molecular flexibility index (Phi) is 13.8. The number of nitrogens with one attached hydrogen (secondary N) is 2. The first-order valence-electron chi connectivity index (χ1n) is 12.3. The Bertz CT molecular complexity index is 488. The molecule has 4 nitrogen and oxygen atoms in total. The maximum Gasteiger partial charge on any atom is 0.221 e. The molecule has 1 aliphatic rings. The molecule has 3 unspecified atom stereocenters. The Morgan fingerprint density at radius 2 is 1.59 bits per heavy atom. The maximum absolute atomic E-state index is 11.5. The van der Waals surface area contributed by atoms with Crippen molar-refractivity contribution < 1.29 is 9.28 Å². The van der Waals surface area contributed by atoms with Crippen LogP contribution < -0.4 is 10.6 Å². The van der Waals surface area contributed by atoms with Crippen molar-refractivity contribution in [2.24, 2.45) is 0 Å². The predicted molar refractivity (Wildman–Crippen MR) is 125 cm³/mol. The highest BCUT2D eigenvalue weighted by Gasteiger charge is 2.41. The van der Waals surface area contributed by atoms with Crippen molar-refractivity contribution in [1.29, 1.82) is 0 Å². The van der Waals surface area contributed by atoms with E-state index >= 15 is 0 Å². The lowest BCUT2D eigenvalue weighted by Crippen LogP contribution is -2.62. The molecule has 2 N–H and O–H groups in total. The van der Waals surface area contributed by atoms with E-state index < -0.39 is 0 Å². The summed E-state index contributed by atoms with van der Waals surface area (Å²) in [6, 6.07) is 0. The number of quaternary nitrogens is 1. The van der Waals surface area contributed by atoms with Gasteiger partial charge in [-0.3, -0.25) is 9.28 Å². The minimum Gasteiger partial charge on any atom is -0.338 e. The van der Waals surface area contributed by atoms with E-state index in [9.17, 15) is 4.79 Å². The molecule has 0 fully saturated rings. The van der Waals surface area contributed by atoms with E-state index in [-0.39, 0.29) is 12.1 Å². The van der Waals surface area contributed by atoms with Gasteiger partial charge >= 0.3 is 0 Å². The first-order chi connectivity index (χ1) is 14.1. The summed E-state index contributed by atoms with van der Waals surface area (Å²) in [4.78, 5) is 11.5. The topological polar surface area (TPSA) is 41.1 Å². The lowest BCUT2D eigenvalue weighted by molar-refractivity contribution is -0.923. The molecule has 0 radical (unpaired) electrons. The molecule has 0 aromatic rings. The number of unbranched alkanes of at least 4 members (excludes halogenated alkanes) is 10. The average molecular weight is 407 g/mol. The maximum atomic E-state index is 11.5. The second-order valence-electron chi connectivity index (χ2n) is 8.71. The monoisotopic (exact) mass is 406 g/mol. The minimum atomic E-state index is 0.0435. The van der Waals surface area contributed by atoms with Crippen molar-refractivity contribution in [2.45, 2.75) is 123 Å². The van der Waals surface area contributed by atoms with Crippen LogP contribution >= 0.6 is 0 Å². The van der Waals surface area contributed by atoms with E-state index in [1.54, 1.807) is 6.92 Å². The fourth-order valence-corrected chi connectivity index (χ4v) is 4.51. The van der Waals surface area contributed by atoms with Crippen LogP contribution in [0.1, 0.15) is 111 Å². The van der Waals surface area contributed by atoms with Crippen molar-refractivity contribution in [3.05, 3.63) is 24.6 Å². The summed E-state index contributed by atoms with van der Waals surface area (Å²) in [6.07, 6.45) is 26.7. The van der Waals surface area contributed by atoms with Crippen LogP contribution in [0.3, 0.4) is 0 Å². The summed E-state index contributed by atoms with van der Waals surface area (Å²) in [7, 11) is 0. The molecule has 1 aliphatic heterocycles. The van der Waals surface area contributed by atoms with Crippen LogP contribution in [-0.4, -0.2) is 29.3 Å². The lowest BCUT2D eigenvalue weighted by Gasteiger charge is -2.41. The molecule has 4 heteroatoms. The summed E-state index contributed by atoms with van der Waals surface area (Å²) in [5.41, 5.74) is 0. The molecule has 1 amide bonds. The fraction of sp³-hybridized carbons (Fsp3) is 0.800. The highest BCUT2D eigenvalue weighted by atomic mass is 16.1. The van der Waals surface area contributed by atoms with E-state index in [1.807, 2.05) is 0 Å². The summed E-state index contributed by atoms with van der Waals surface area (Å²) in [5, 5.41) is 6.60. The Hall–Kier alpha value is -1.29. The van der Waals surface area contributed by atoms with E-state index in [4.69, 9.17) is 0 Å². The van der Waals surface area contributed by atoms with Gasteiger partial charge in [-0.1, -0.05) is 70.4 Å². The van der Waals surface area contributed by atoms with Crippen LogP contribution in [0.5, 0.6) is 0 Å². The third-order valence-electron chi connectivity index (χ3n) is 6.39. The number of nitrogens with zero attached hydrogens (tertiary/aromatic N) is 1. The number of allylic oxidation sites excluding steroid dienone is 2. The third kappa shape index (κ3) is 9.84. The molecule has 168 valence electrons. The zero-order valence-electron chi connectivity index (χ0n) is 19.7. The Labute approximate surface area is 180 Å². The van der Waals surface area contributed by atoms with E-state index in [0.29, 0.717) is 6.17 Å². The van der Waals surface area contributed by atoms with Gasteiger partial charge < -0.3 is 10.6 Å². The standard InChI is InChI=1S/C25H47N3O/c1-5-7-8-9-10-11-12-13-14-15-16-17-18-19-20-25-26-21-22-28(25,6-2)23(3)27-24(4)29/h16-17,21-23,25-26H,5-15,18-20H2,1-4H3/p+1/b17-16+. The molecule has 0 aromatic heterocycles. The molecule has 0 aromatic carbocycles. The summed E-state index contributed by atoms with van der Waals surface area (Å²) in [6.45, 7) is 9.17. The van der Waals surface area contributed by atoms with Gasteiger partial charge in [-0.25, -0.2) is 0 Å². The molecule has 0 spiro atoms. The Morgan fingerprint density at radius 3 is 2.17 bits per heavy atom. The molecular formula is C25H48N3O+. The molecule has 0 saturated carbocycles. The highest BCUT2D eigenvalue weighted by Crippen LogP contribution is 2.25. The molecule has 0 aliphatic carbocycles. The van der Waals surface area contributed by atoms with Crippen molar-refractivity contribution in [1.82, 2.24) is 10.6 Å². The number of carbonyl (C=O) groups is 1. The average Bonchev–Trinajstić information content (AvgIpc) is 3.12. The molecular weight excluding hydrogens is 358 g/mol. The van der Waals surface area contributed by atoms with Gasteiger partial charge in [-0.05, 0) is 32.6 Å². The van der Waals surface area contributed by atoms with Crippen LogP contribution in [0.25, 0.3) is 0 Å². The molecule has 1 heterocycles. The van der Waals surface area contributed by atoms with Gasteiger partial charge in [-0.15, -0.1) is 0 Å². The number of hydrogen-bond donors (Lipinski definition) is 2. The van der Waals surface area contributed by atoms with Gasteiger partial charge in [0.25, 0.3) is 0 Å². The van der Waals surface area contributed by atoms with E-state index in [2.05, 4.69) is 56.0 Å². The lowest BCUT2D eigenvalue weighted by atomic mass is 10.1. The molecule has 1 rings (SSSR count). The molecule has 0 bridgehead atoms. The van der Waals surface area contributed by atoms with Gasteiger partial charge in [-0.2, -0.15) is 0 Å². The normalized spacial score (nSPS) is 22.1. The zero-order chi connectivity index (χ0) is 21.4. The number of carbonyl (C=O) groups excluding carboxylic acids is 1. The second kappa shape index (κ2) is 15.5. The van der Waals surface area contributed by atoms with E-state index in [1.165, 1.54) is 70.6 Å². The van der Waals surface area contributed by atoms with Gasteiger partial charge in [0, 0.05) is 20.3 Å². The van der Waals surface area contributed by atoms with Gasteiger partial charge in [0.2, 0.25) is 5.91 Å². The minimum absolute atomic E-state index is 0.0435. The van der Waals surface area contributed by atoms with Crippen molar-refractivity contribution in [2.75, 3.05) is 6.54 Å². The number of rotatable bonds is 17. The Morgan fingerprint density at radius 1 is 1.00 bits per heavy atom. The number of hydrogen-bond acceptors (Lipinski definition) is 2. The van der Waals surface area contributed by atoms with Crippen molar-refractivity contribution >= 4 is 5.91 Å². The van der Waals surface area contributed by atoms with Crippen LogP contribution in [0, 0.1) is 0 Å². The molecule has 3 atom stereocenters.